The predicted molar refractivity (Wildman–Crippen MR) is 72.7 cm³/mol. The van der Waals surface area contributed by atoms with Crippen LogP contribution in [0.25, 0.3) is 16.0 Å². The third kappa shape index (κ3) is 3.96. The van der Waals surface area contributed by atoms with Crippen molar-refractivity contribution in [1.82, 2.24) is 0 Å². The molecule has 0 aliphatic carbocycles. The van der Waals surface area contributed by atoms with Gasteiger partial charge in [0.1, 0.15) is 5.94 Å². The standard InChI is InChI=1S/C12H10BrN3O3/c1-2-19-12(18)11(7-17)10-4-3-9(13)5-8(10)6-15-16-14/h3-5H,2,6H2,1H3. The van der Waals surface area contributed by atoms with Crippen molar-refractivity contribution in [2.24, 2.45) is 5.11 Å². The largest absolute Gasteiger partial charge is 0.462 e. The lowest BCUT2D eigenvalue weighted by molar-refractivity contribution is -0.135. The van der Waals surface area contributed by atoms with E-state index >= 15 is 0 Å². The molecule has 0 heterocycles. The summed E-state index contributed by atoms with van der Waals surface area (Å²) in [6.45, 7) is 1.82. The Bertz CT molecular complexity index is 588. The Labute approximate surface area is 117 Å². The highest BCUT2D eigenvalue weighted by molar-refractivity contribution is 9.10. The summed E-state index contributed by atoms with van der Waals surface area (Å²) < 4.78 is 5.53. The van der Waals surface area contributed by atoms with Crippen molar-refractivity contribution in [1.29, 1.82) is 0 Å². The molecule has 0 bridgehead atoms. The average molecular weight is 324 g/mol. The van der Waals surface area contributed by atoms with Crippen LogP contribution < -0.4 is 0 Å². The van der Waals surface area contributed by atoms with Gasteiger partial charge in [-0.05, 0) is 30.2 Å². The van der Waals surface area contributed by atoms with Crippen molar-refractivity contribution >= 4 is 33.4 Å². The molecule has 0 atom stereocenters. The van der Waals surface area contributed by atoms with E-state index in [0.29, 0.717) is 11.1 Å². The number of esters is 1. The summed E-state index contributed by atoms with van der Waals surface area (Å²) in [6.07, 6.45) is 0. The minimum atomic E-state index is -0.748. The van der Waals surface area contributed by atoms with Crippen LogP contribution in [0.1, 0.15) is 18.1 Å². The zero-order valence-electron chi connectivity index (χ0n) is 10.1. The molecule has 0 saturated carbocycles. The number of azide groups is 1. The van der Waals surface area contributed by atoms with E-state index in [9.17, 15) is 9.59 Å². The number of rotatable bonds is 5. The zero-order chi connectivity index (χ0) is 14.3. The maximum Gasteiger partial charge on any atom is 0.350 e. The van der Waals surface area contributed by atoms with Crippen LogP contribution in [0.3, 0.4) is 0 Å². The van der Waals surface area contributed by atoms with Crippen LogP contribution in [0.15, 0.2) is 27.8 Å². The predicted octanol–water partition coefficient (Wildman–Crippen LogP) is 3.04. The van der Waals surface area contributed by atoms with Crippen LogP contribution in [-0.2, 0) is 20.9 Å². The van der Waals surface area contributed by atoms with Crippen molar-refractivity contribution in [2.45, 2.75) is 13.5 Å². The van der Waals surface area contributed by atoms with E-state index < -0.39 is 5.97 Å². The fourth-order valence-electron chi connectivity index (χ4n) is 1.45. The summed E-state index contributed by atoms with van der Waals surface area (Å²) in [5.41, 5.74) is 9.03. The van der Waals surface area contributed by atoms with Crippen molar-refractivity contribution in [3.8, 4) is 0 Å². The molecule has 0 saturated heterocycles. The SMILES string of the molecule is CCOC(=O)C(=C=O)c1ccc(Br)cc1CN=[N+]=[N-]. The third-order valence-corrected chi connectivity index (χ3v) is 2.72. The molecule has 0 spiro atoms. The lowest BCUT2D eigenvalue weighted by Crippen LogP contribution is -2.09. The molecule has 19 heavy (non-hydrogen) atoms. The first-order valence-corrected chi connectivity index (χ1v) is 6.15. The van der Waals surface area contributed by atoms with Gasteiger partial charge < -0.3 is 4.74 Å². The first kappa shape index (κ1) is 15.0. The van der Waals surface area contributed by atoms with E-state index in [1.165, 1.54) is 0 Å². The van der Waals surface area contributed by atoms with Crippen LogP contribution in [0, 0.1) is 0 Å². The Kier molecular flexibility index (Phi) is 5.82. The van der Waals surface area contributed by atoms with Gasteiger partial charge in [-0.3, -0.25) is 0 Å². The minimum Gasteiger partial charge on any atom is -0.462 e. The molecule has 0 aromatic heterocycles. The molecule has 7 heteroatoms. The van der Waals surface area contributed by atoms with E-state index in [4.69, 9.17) is 10.3 Å². The number of hydrogen-bond donors (Lipinski definition) is 0. The maximum atomic E-state index is 11.6. The van der Waals surface area contributed by atoms with Crippen LogP contribution >= 0.6 is 15.9 Å². The van der Waals surface area contributed by atoms with E-state index in [-0.39, 0.29) is 18.7 Å². The molecule has 0 N–H and O–H groups in total. The highest BCUT2D eigenvalue weighted by Crippen LogP contribution is 2.23. The topological polar surface area (TPSA) is 92.1 Å². The molecule has 0 aliphatic heterocycles. The van der Waals surface area contributed by atoms with Gasteiger partial charge in [-0.25, -0.2) is 9.59 Å². The van der Waals surface area contributed by atoms with E-state index in [1.807, 2.05) is 0 Å². The molecule has 1 aromatic carbocycles. The van der Waals surface area contributed by atoms with E-state index in [1.54, 1.807) is 31.1 Å². The lowest BCUT2D eigenvalue weighted by atomic mass is 10.0. The van der Waals surface area contributed by atoms with Gasteiger partial charge >= 0.3 is 5.97 Å². The molecule has 0 radical (unpaired) electrons. The number of carbonyl (C=O) groups is 1. The molecule has 0 fully saturated rings. The molecule has 1 aromatic rings. The van der Waals surface area contributed by atoms with Gasteiger partial charge in [0.15, 0.2) is 5.57 Å². The van der Waals surface area contributed by atoms with Gasteiger partial charge in [0.2, 0.25) is 0 Å². The van der Waals surface area contributed by atoms with Crippen LogP contribution in [0.5, 0.6) is 0 Å². The molecule has 6 nitrogen and oxygen atoms in total. The summed E-state index contributed by atoms with van der Waals surface area (Å²) in [6, 6.07) is 4.91. The first-order chi connectivity index (χ1) is 9.13. The summed E-state index contributed by atoms with van der Waals surface area (Å²) >= 11 is 3.27. The second-order valence-electron chi connectivity index (χ2n) is 3.39. The van der Waals surface area contributed by atoms with E-state index in [0.717, 1.165) is 4.47 Å². The fourth-order valence-corrected chi connectivity index (χ4v) is 1.86. The molecular weight excluding hydrogens is 314 g/mol. The number of ether oxygens (including phenoxy) is 1. The number of hydrogen-bond acceptors (Lipinski definition) is 4. The summed E-state index contributed by atoms with van der Waals surface area (Å²) in [4.78, 5) is 25.3. The number of benzene rings is 1. The number of nitrogens with zero attached hydrogens (tertiary/aromatic N) is 3. The molecule has 1 rings (SSSR count). The summed E-state index contributed by atoms with van der Waals surface area (Å²) in [7, 11) is 0. The highest BCUT2D eigenvalue weighted by atomic mass is 79.9. The van der Waals surface area contributed by atoms with Crippen molar-refractivity contribution in [3.63, 3.8) is 0 Å². The minimum absolute atomic E-state index is 0.0237. The monoisotopic (exact) mass is 323 g/mol. The third-order valence-electron chi connectivity index (χ3n) is 2.22. The summed E-state index contributed by atoms with van der Waals surface area (Å²) in [5, 5.41) is 3.43. The molecule has 0 unspecified atom stereocenters. The normalized spacial score (nSPS) is 9.16. The van der Waals surface area contributed by atoms with Crippen molar-refractivity contribution < 1.29 is 14.3 Å². The Balaban J connectivity index is 3.27. The van der Waals surface area contributed by atoms with Crippen LogP contribution in [-0.4, -0.2) is 18.5 Å². The van der Waals surface area contributed by atoms with Gasteiger partial charge in [-0.15, -0.1) is 0 Å². The Morgan fingerprint density at radius 1 is 1.58 bits per heavy atom. The smallest absolute Gasteiger partial charge is 0.350 e. The van der Waals surface area contributed by atoms with E-state index in [2.05, 4.69) is 26.0 Å². The number of carbonyl (C=O) groups excluding carboxylic acids is 2. The fraction of sp³-hybridized carbons (Fsp3) is 0.250. The molecular formula is C12H10BrN3O3. The van der Waals surface area contributed by atoms with Crippen molar-refractivity contribution in [2.75, 3.05) is 6.61 Å². The second kappa shape index (κ2) is 7.38. The first-order valence-electron chi connectivity index (χ1n) is 5.35. The average Bonchev–Trinajstić information content (AvgIpc) is 2.39. The van der Waals surface area contributed by atoms with Crippen LogP contribution in [0.2, 0.25) is 0 Å². The second-order valence-corrected chi connectivity index (χ2v) is 4.30. The highest BCUT2D eigenvalue weighted by Gasteiger charge is 2.18. The lowest BCUT2D eigenvalue weighted by Gasteiger charge is -2.08. The van der Waals surface area contributed by atoms with Gasteiger partial charge in [-0.1, -0.05) is 27.1 Å². The molecule has 0 aliphatic rings. The van der Waals surface area contributed by atoms with Gasteiger partial charge in [0.05, 0.1) is 13.2 Å². The Hall–Kier alpha value is -2.07. The zero-order valence-corrected chi connectivity index (χ0v) is 11.7. The van der Waals surface area contributed by atoms with Crippen LogP contribution in [0.4, 0.5) is 0 Å². The Morgan fingerprint density at radius 3 is 2.89 bits per heavy atom. The molecule has 98 valence electrons. The Morgan fingerprint density at radius 2 is 2.32 bits per heavy atom. The summed E-state index contributed by atoms with van der Waals surface area (Å²) in [5.74, 6) is 0.833. The maximum absolute atomic E-state index is 11.6. The molecule has 0 amide bonds. The van der Waals surface area contributed by atoms with Gasteiger partial charge in [0.25, 0.3) is 0 Å². The quantitative estimate of drug-likeness (QED) is 0.208. The van der Waals surface area contributed by atoms with Crippen molar-refractivity contribution in [3.05, 3.63) is 44.2 Å². The van der Waals surface area contributed by atoms with Gasteiger partial charge in [-0.2, -0.15) is 0 Å². The van der Waals surface area contributed by atoms with Gasteiger partial charge in [0, 0.05) is 14.9 Å². The number of halogens is 1.